The van der Waals surface area contributed by atoms with Crippen molar-refractivity contribution in [1.29, 1.82) is 0 Å². The molecule has 0 heterocycles. The summed E-state index contributed by atoms with van der Waals surface area (Å²) in [6, 6.07) is 0. The Morgan fingerprint density at radius 2 is 0.478 bits per heavy atom. The monoisotopic (exact) mass is 1260 g/mol. The molecule has 526 valence electrons. The Kier molecular flexibility index (Phi) is 78.2. The minimum absolute atomic E-state index is 0.0608. The molecule has 0 aliphatic rings. The van der Waals surface area contributed by atoms with E-state index in [0.717, 1.165) is 64.2 Å². The van der Waals surface area contributed by atoms with Crippen LogP contribution in [0.4, 0.5) is 0 Å². The van der Waals surface area contributed by atoms with Crippen molar-refractivity contribution in [3.05, 3.63) is 72.9 Å². The molecule has 0 rings (SSSR count). The second-order valence-electron chi connectivity index (χ2n) is 27.5. The topological polar surface area (TPSA) is 72.8 Å². The summed E-state index contributed by atoms with van der Waals surface area (Å²) in [5.41, 5.74) is 0. The van der Waals surface area contributed by atoms with Crippen LogP contribution in [0.2, 0.25) is 0 Å². The number of unbranched alkanes of at least 4 members (excludes halogenated alkanes) is 56. The molecule has 0 aromatic carbocycles. The third kappa shape index (κ3) is 77.8. The van der Waals surface area contributed by atoms with E-state index in [-0.39, 0.29) is 25.2 Å². The molecule has 0 fully saturated rings. The lowest BCUT2D eigenvalue weighted by Gasteiger charge is -2.15. The van der Waals surface area contributed by atoms with Gasteiger partial charge in [0.15, 0.2) is 6.10 Å². The molecular weight excluding hydrogens is 1100 g/mol. The molecule has 0 bridgehead atoms. The molecule has 0 aliphatic carbocycles. The van der Waals surface area contributed by atoms with Crippen LogP contribution in [0.15, 0.2) is 72.9 Å². The van der Waals surface area contributed by atoms with Gasteiger partial charge in [0.1, 0.15) is 6.61 Å². The van der Waals surface area contributed by atoms with Gasteiger partial charge in [0.25, 0.3) is 0 Å². The first kappa shape index (κ1) is 87.3. The van der Waals surface area contributed by atoms with Gasteiger partial charge in [0.05, 0.1) is 6.61 Å². The van der Waals surface area contributed by atoms with Crippen LogP contribution in [0.25, 0.3) is 0 Å². The van der Waals surface area contributed by atoms with Crippen molar-refractivity contribution in [2.45, 2.75) is 444 Å². The third-order valence-corrected chi connectivity index (χ3v) is 18.5. The molecule has 0 radical (unpaired) electrons. The highest BCUT2D eigenvalue weighted by Gasteiger charge is 2.16. The second kappa shape index (κ2) is 80.6. The van der Waals surface area contributed by atoms with Gasteiger partial charge in [-0.25, -0.2) is 0 Å². The third-order valence-electron chi connectivity index (χ3n) is 18.5. The van der Waals surface area contributed by atoms with Crippen LogP contribution < -0.4 is 0 Å². The van der Waals surface area contributed by atoms with Gasteiger partial charge in [0.2, 0.25) is 0 Å². The zero-order chi connectivity index (χ0) is 64.7. The average molecular weight is 1260 g/mol. The highest BCUT2D eigenvalue weighted by molar-refractivity contribution is 5.70. The lowest BCUT2D eigenvalue weighted by Crippen LogP contribution is -2.28. The summed E-state index contributed by atoms with van der Waals surface area (Å²) in [5, 5.41) is 9.73. The molecule has 0 amide bonds. The molecule has 0 aromatic rings. The standard InChI is InChI=1S/C85H156O5/c1-3-5-7-9-11-13-15-17-19-21-23-25-27-29-31-33-35-37-39-40-41-42-43-44-46-47-49-51-53-55-57-59-61-63-65-67-69-71-73-75-77-79-84(87)89-82-83(81-86)90-85(88)80-78-76-74-72-70-68-66-64-62-60-58-56-54-52-50-48-45-38-36-34-32-30-28-26-24-22-20-18-16-14-12-10-8-6-4-2/h6,8,12,14,18,20-21,23-24,26,30,32,83,86H,3-5,7,9-11,13,15-17,19,22,25,27-29,31,33-82H2,1-2H3/b8-6-,14-12-,20-18-,23-21-,26-24-,32-30-. The smallest absolute Gasteiger partial charge is 0.306 e. The first-order valence-corrected chi connectivity index (χ1v) is 40.5. The van der Waals surface area contributed by atoms with Crippen molar-refractivity contribution in [2.75, 3.05) is 13.2 Å². The van der Waals surface area contributed by atoms with Crippen molar-refractivity contribution < 1.29 is 24.2 Å². The predicted octanol–water partition coefficient (Wildman–Crippen LogP) is 28.6. The summed E-state index contributed by atoms with van der Waals surface area (Å²) in [5.74, 6) is -0.566. The Hall–Kier alpha value is -2.66. The van der Waals surface area contributed by atoms with Gasteiger partial charge < -0.3 is 14.6 Å². The molecule has 0 saturated heterocycles. The number of allylic oxidation sites excluding steroid dienone is 12. The highest BCUT2D eigenvalue weighted by atomic mass is 16.6. The van der Waals surface area contributed by atoms with Gasteiger partial charge in [-0.1, -0.05) is 414 Å². The van der Waals surface area contributed by atoms with Gasteiger partial charge in [-0.15, -0.1) is 0 Å². The quantitative estimate of drug-likeness (QED) is 0.0373. The Balaban J connectivity index is 3.37. The molecule has 1 atom stereocenters. The number of aliphatic hydroxyl groups is 1. The number of hydrogen-bond donors (Lipinski definition) is 1. The van der Waals surface area contributed by atoms with Crippen molar-refractivity contribution in [1.82, 2.24) is 0 Å². The Bertz CT molecular complexity index is 1570. The van der Waals surface area contributed by atoms with E-state index >= 15 is 0 Å². The summed E-state index contributed by atoms with van der Waals surface area (Å²) < 4.78 is 10.8. The fourth-order valence-corrected chi connectivity index (χ4v) is 12.5. The number of aliphatic hydroxyl groups excluding tert-OH is 1. The molecule has 1 N–H and O–H groups in total. The summed E-state index contributed by atoms with van der Waals surface area (Å²) in [6.07, 6.45) is 113. The number of esters is 2. The van der Waals surface area contributed by atoms with Crippen molar-refractivity contribution >= 4 is 11.9 Å². The Morgan fingerprint density at radius 1 is 0.267 bits per heavy atom. The fraction of sp³-hybridized carbons (Fsp3) is 0.835. The van der Waals surface area contributed by atoms with E-state index in [1.54, 1.807) is 0 Å². The molecule has 0 spiro atoms. The van der Waals surface area contributed by atoms with Crippen LogP contribution in [-0.4, -0.2) is 36.4 Å². The lowest BCUT2D eigenvalue weighted by molar-refractivity contribution is -0.161. The molecular formula is C85H156O5. The summed E-state index contributed by atoms with van der Waals surface area (Å²) in [4.78, 5) is 24.7. The molecule has 0 aliphatic heterocycles. The summed E-state index contributed by atoms with van der Waals surface area (Å²) in [7, 11) is 0. The number of carbonyl (C=O) groups excluding carboxylic acids is 2. The van der Waals surface area contributed by atoms with Crippen LogP contribution in [0.5, 0.6) is 0 Å². The van der Waals surface area contributed by atoms with Gasteiger partial charge in [0, 0.05) is 12.8 Å². The zero-order valence-electron chi connectivity index (χ0n) is 60.7. The lowest BCUT2D eigenvalue weighted by atomic mass is 10.0. The number of rotatable bonds is 76. The number of hydrogen-bond acceptors (Lipinski definition) is 5. The molecule has 90 heavy (non-hydrogen) atoms. The molecule has 0 saturated carbocycles. The van der Waals surface area contributed by atoms with Gasteiger partial charge in [-0.2, -0.15) is 0 Å². The Morgan fingerprint density at radius 3 is 0.733 bits per heavy atom. The number of carbonyl (C=O) groups is 2. The maximum Gasteiger partial charge on any atom is 0.306 e. The average Bonchev–Trinajstić information content (AvgIpc) is 3.58. The van der Waals surface area contributed by atoms with E-state index in [2.05, 4.69) is 86.8 Å². The first-order chi connectivity index (χ1) is 44.6. The van der Waals surface area contributed by atoms with E-state index in [1.165, 1.54) is 347 Å². The molecule has 0 aromatic heterocycles. The van der Waals surface area contributed by atoms with Crippen molar-refractivity contribution in [2.24, 2.45) is 0 Å². The SMILES string of the molecule is CC/C=C\C/C=C\C/C=C\C/C=C\C/C=C\CCCCCCCCCCCCCCCCCCCCCC(=O)OC(CO)COC(=O)CCCCCCCCCCCCCCCCCCCCCCCCCCCCCCC/C=C\CCCCCCCCCC. The van der Waals surface area contributed by atoms with Crippen LogP contribution >= 0.6 is 0 Å². The van der Waals surface area contributed by atoms with Gasteiger partial charge in [-0.3, -0.25) is 9.59 Å². The minimum atomic E-state index is -0.773. The van der Waals surface area contributed by atoms with Crippen LogP contribution in [0.3, 0.4) is 0 Å². The van der Waals surface area contributed by atoms with Crippen LogP contribution in [-0.2, 0) is 19.1 Å². The Labute approximate surface area is 563 Å². The fourth-order valence-electron chi connectivity index (χ4n) is 12.5. The predicted molar refractivity (Wildman–Crippen MR) is 399 cm³/mol. The molecule has 1 unspecified atom stereocenters. The largest absolute Gasteiger partial charge is 0.462 e. The zero-order valence-corrected chi connectivity index (χ0v) is 60.7. The van der Waals surface area contributed by atoms with E-state index in [1.807, 2.05) is 0 Å². The summed E-state index contributed by atoms with van der Waals surface area (Å²) >= 11 is 0. The van der Waals surface area contributed by atoms with Gasteiger partial charge in [-0.05, 0) is 83.5 Å². The second-order valence-corrected chi connectivity index (χ2v) is 27.5. The van der Waals surface area contributed by atoms with E-state index in [0.29, 0.717) is 12.8 Å². The van der Waals surface area contributed by atoms with Crippen molar-refractivity contribution in [3.8, 4) is 0 Å². The van der Waals surface area contributed by atoms with E-state index in [9.17, 15) is 14.7 Å². The maximum atomic E-state index is 12.4. The maximum absolute atomic E-state index is 12.4. The van der Waals surface area contributed by atoms with Crippen LogP contribution in [0.1, 0.15) is 438 Å². The minimum Gasteiger partial charge on any atom is -0.462 e. The first-order valence-electron chi connectivity index (χ1n) is 40.5. The molecule has 5 nitrogen and oxygen atoms in total. The van der Waals surface area contributed by atoms with E-state index in [4.69, 9.17) is 9.47 Å². The van der Waals surface area contributed by atoms with E-state index < -0.39 is 6.10 Å². The number of ether oxygens (including phenoxy) is 2. The van der Waals surface area contributed by atoms with Gasteiger partial charge >= 0.3 is 11.9 Å². The summed E-state index contributed by atoms with van der Waals surface area (Å²) in [6.45, 7) is 4.09. The normalized spacial score (nSPS) is 12.5. The highest BCUT2D eigenvalue weighted by Crippen LogP contribution is 2.20. The molecule has 5 heteroatoms. The van der Waals surface area contributed by atoms with Crippen molar-refractivity contribution in [3.63, 3.8) is 0 Å². The van der Waals surface area contributed by atoms with Crippen LogP contribution in [0, 0.1) is 0 Å².